The Bertz CT molecular complexity index is 699. The van der Waals surface area contributed by atoms with Crippen molar-refractivity contribution in [1.29, 1.82) is 0 Å². The molecule has 2 saturated carbocycles. The molecule has 3 aliphatic rings. The normalized spacial score (nSPS) is 34.4. The summed E-state index contributed by atoms with van der Waals surface area (Å²) in [6.45, 7) is 2.57. The van der Waals surface area contributed by atoms with E-state index < -0.39 is 5.54 Å². The number of carbonyl (C=O) groups excluding carboxylic acids is 2. The molecule has 0 spiro atoms. The molecule has 2 amide bonds. The minimum Gasteiger partial charge on any atom is -0.351 e. The van der Waals surface area contributed by atoms with Crippen LogP contribution in [0.15, 0.2) is 30.3 Å². The van der Waals surface area contributed by atoms with E-state index in [2.05, 4.69) is 5.32 Å². The highest BCUT2D eigenvalue weighted by atomic mass is 35.5. The van der Waals surface area contributed by atoms with Crippen LogP contribution in [0.3, 0.4) is 0 Å². The van der Waals surface area contributed by atoms with Crippen LogP contribution in [-0.2, 0) is 4.79 Å². The molecule has 0 radical (unpaired) electrons. The highest BCUT2D eigenvalue weighted by Gasteiger charge is 2.48. The number of rotatable bonds is 3. The molecule has 3 atom stereocenters. The molecule has 0 aromatic heterocycles. The van der Waals surface area contributed by atoms with E-state index >= 15 is 0 Å². The highest BCUT2D eigenvalue weighted by molar-refractivity contribution is 5.99. The first-order valence-corrected chi connectivity index (χ1v) is 10.4. The zero-order chi connectivity index (χ0) is 19.0. The van der Waals surface area contributed by atoms with E-state index in [-0.39, 0.29) is 36.3 Å². The second-order valence-electron chi connectivity index (χ2n) is 8.88. The molecule has 1 aliphatic heterocycles. The van der Waals surface area contributed by atoms with Crippen molar-refractivity contribution in [1.82, 2.24) is 10.2 Å². The first-order chi connectivity index (χ1) is 13.0. The van der Waals surface area contributed by atoms with Crippen LogP contribution >= 0.6 is 12.4 Å². The fraction of sp³-hybridized carbons (Fsp3) is 0.636. The second-order valence-corrected chi connectivity index (χ2v) is 8.88. The first-order valence-electron chi connectivity index (χ1n) is 10.4. The smallest absolute Gasteiger partial charge is 0.254 e. The van der Waals surface area contributed by atoms with E-state index in [0.717, 1.165) is 38.5 Å². The van der Waals surface area contributed by atoms with Crippen molar-refractivity contribution in [3.63, 3.8) is 0 Å². The number of amides is 2. The van der Waals surface area contributed by atoms with Gasteiger partial charge in [0, 0.05) is 24.2 Å². The largest absolute Gasteiger partial charge is 0.351 e. The molecule has 2 bridgehead atoms. The number of likely N-dealkylation sites (tertiary alicyclic amines) is 1. The predicted octanol–water partition coefficient (Wildman–Crippen LogP) is 3.13. The summed E-state index contributed by atoms with van der Waals surface area (Å²) in [4.78, 5) is 28.2. The van der Waals surface area contributed by atoms with Gasteiger partial charge in [-0.05, 0) is 69.4 Å². The number of benzene rings is 1. The molecule has 2 aliphatic carbocycles. The number of hydrogen-bond donors (Lipinski definition) is 2. The summed E-state index contributed by atoms with van der Waals surface area (Å²) in [5, 5.41) is 3.37. The van der Waals surface area contributed by atoms with Crippen LogP contribution in [0.4, 0.5) is 0 Å². The van der Waals surface area contributed by atoms with Gasteiger partial charge >= 0.3 is 0 Å². The quantitative estimate of drug-likeness (QED) is 0.811. The summed E-state index contributed by atoms with van der Waals surface area (Å²) in [6, 6.07) is 9.78. The summed E-state index contributed by atoms with van der Waals surface area (Å²) in [6.07, 6.45) is 7.14. The first kappa shape index (κ1) is 21.1. The van der Waals surface area contributed by atoms with Gasteiger partial charge < -0.3 is 16.0 Å². The number of nitrogens with one attached hydrogen (secondary N) is 1. The SMILES string of the molecule is CC1(C(=O)NC2C3CCCC2CC(N)C3)CCCN1C(=O)c1ccccc1.Cl. The molecular weight excluding hydrogens is 374 g/mol. The third-order valence-electron chi connectivity index (χ3n) is 7.07. The maximum atomic E-state index is 13.4. The molecule has 1 heterocycles. The Balaban J connectivity index is 0.00000225. The van der Waals surface area contributed by atoms with E-state index in [1.54, 1.807) is 4.90 Å². The van der Waals surface area contributed by atoms with Crippen LogP contribution in [-0.4, -0.2) is 40.9 Å². The Hall–Kier alpha value is -1.59. The average molecular weight is 406 g/mol. The molecule has 3 N–H and O–H groups in total. The van der Waals surface area contributed by atoms with Crippen LogP contribution in [0, 0.1) is 11.8 Å². The monoisotopic (exact) mass is 405 g/mol. The van der Waals surface area contributed by atoms with Crippen molar-refractivity contribution < 1.29 is 9.59 Å². The lowest BCUT2D eigenvalue weighted by molar-refractivity contribution is -0.132. The molecule has 3 fully saturated rings. The van der Waals surface area contributed by atoms with Crippen LogP contribution in [0.2, 0.25) is 0 Å². The molecule has 1 aromatic carbocycles. The van der Waals surface area contributed by atoms with Crippen molar-refractivity contribution in [2.24, 2.45) is 17.6 Å². The number of carbonyl (C=O) groups is 2. The lowest BCUT2D eigenvalue weighted by Gasteiger charge is -2.46. The summed E-state index contributed by atoms with van der Waals surface area (Å²) in [7, 11) is 0. The molecule has 28 heavy (non-hydrogen) atoms. The summed E-state index contributed by atoms with van der Waals surface area (Å²) in [5.41, 5.74) is 6.12. The Morgan fingerprint density at radius 2 is 1.75 bits per heavy atom. The maximum absolute atomic E-state index is 13.4. The molecule has 3 unspecified atom stereocenters. The van der Waals surface area contributed by atoms with Crippen molar-refractivity contribution in [2.45, 2.75) is 69.5 Å². The molecule has 5 nitrogen and oxygen atoms in total. The maximum Gasteiger partial charge on any atom is 0.254 e. The van der Waals surface area contributed by atoms with E-state index in [1.807, 2.05) is 37.3 Å². The third kappa shape index (κ3) is 3.79. The third-order valence-corrected chi connectivity index (χ3v) is 7.07. The molecule has 154 valence electrons. The van der Waals surface area contributed by atoms with Crippen molar-refractivity contribution >= 4 is 24.2 Å². The van der Waals surface area contributed by atoms with Gasteiger partial charge in [-0.1, -0.05) is 24.6 Å². The average Bonchev–Trinajstić information content (AvgIpc) is 3.05. The van der Waals surface area contributed by atoms with Gasteiger partial charge in [-0.3, -0.25) is 9.59 Å². The standard InChI is InChI=1S/C22H31N3O2.ClH/c1-22(11-6-12-25(22)20(26)15-7-3-2-4-8-15)21(27)24-19-16-9-5-10-17(19)14-18(23)13-16;/h2-4,7-8,16-19H,5-6,9-14,23H2,1H3,(H,24,27);1H. The summed E-state index contributed by atoms with van der Waals surface area (Å²) in [5.74, 6) is 0.942. The van der Waals surface area contributed by atoms with Crippen LogP contribution in [0.1, 0.15) is 62.2 Å². The van der Waals surface area contributed by atoms with Gasteiger partial charge in [0.1, 0.15) is 5.54 Å². The van der Waals surface area contributed by atoms with Crippen molar-refractivity contribution in [3.8, 4) is 0 Å². The second kappa shape index (κ2) is 8.42. The minimum atomic E-state index is -0.763. The number of halogens is 1. The van der Waals surface area contributed by atoms with Crippen LogP contribution in [0.5, 0.6) is 0 Å². The Labute approximate surface area is 173 Å². The zero-order valence-electron chi connectivity index (χ0n) is 16.6. The fourth-order valence-corrected chi connectivity index (χ4v) is 5.59. The van der Waals surface area contributed by atoms with Gasteiger partial charge in [0.15, 0.2) is 0 Å². The van der Waals surface area contributed by atoms with Gasteiger partial charge in [0.2, 0.25) is 5.91 Å². The number of fused-ring (bicyclic) bond motifs is 2. The van der Waals surface area contributed by atoms with Gasteiger partial charge in [-0.25, -0.2) is 0 Å². The molecule has 1 aromatic rings. The summed E-state index contributed by atoms with van der Waals surface area (Å²) < 4.78 is 0. The fourth-order valence-electron chi connectivity index (χ4n) is 5.59. The van der Waals surface area contributed by atoms with Gasteiger partial charge in [0.05, 0.1) is 0 Å². The van der Waals surface area contributed by atoms with Crippen LogP contribution < -0.4 is 11.1 Å². The van der Waals surface area contributed by atoms with Crippen LogP contribution in [0.25, 0.3) is 0 Å². The lowest BCUT2D eigenvalue weighted by atomic mass is 9.67. The van der Waals surface area contributed by atoms with Gasteiger partial charge in [-0.15, -0.1) is 12.4 Å². The Morgan fingerprint density at radius 1 is 1.11 bits per heavy atom. The predicted molar refractivity (Wildman–Crippen MR) is 112 cm³/mol. The highest BCUT2D eigenvalue weighted by Crippen LogP contribution is 2.40. The van der Waals surface area contributed by atoms with E-state index in [0.29, 0.717) is 23.9 Å². The minimum absolute atomic E-state index is 0. The molecule has 4 rings (SSSR count). The van der Waals surface area contributed by atoms with E-state index in [9.17, 15) is 9.59 Å². The van der Waals surface area contributed by atoms with Crippen molar-refractivity contribution in [2.75, 3.05) is 6.54 Å². The lowest BCUT2D eigenvalue weighted by Crippen LogP contribution is -2.61. The molecular formula is C22H32ClN3O2. The van der Waals surface area contributed by atoms with E-state index in [1.165, 1.54) is 6.42 Å². The number of nitrogens with zero attached hydrogens (tertiary/aromatic N) is 1. The van der Waals surface area contributed by atoms with E-state index in [4.69, 9.17) is 5.73 Å². The Kier molecular flexibility index (Phi) is 6.35. The van der Waals surface area contributed by atoms with Crippen molar-refractivity contribution in [3.05, 3.63) is 35.9 Å². The molecule has 6 heteroatoms. The van der Waals surface area contributed by atoms with Gasteiger partial charge in [0.25, 0.3) is 5.91 Å². The number of nitrogens with two attached hydrogens (primary N) is 1. The topological polar surface area (TPSA) is 75.4 Å². The zero-order valence-corrected chi connectivity index (χ0v) is 17.4. The Morgan fingerprint density at radius 3 is 2.39 bits per heavy atom. The molecule has 1 saturated heterocycles. The van der Waals surface area contributed by atoms with Gasteiger partial charge in [-0.2, -0.15) is 0 Å². The number of hydrogen-bond acceptors (Lipinski definition) is 3. The summed E-state index contributed by atoms with van der Waals surface area (Å²) >= 11 is 0.